The molecule has 5 nitrogen and oxygen atoms in total. The van der Waals surface area contributed by atoms with Crippen molar-refractivity contribution in [2.75, 3.05) is 11.4 Å². The molecule has 0 aliphatic carbocycles. The highest BCUT2D eigenvalue weighted by Crippen LogP contribution is 2.25. The molecule has 0 amide bonds. The normalized spacial score (nSPS) is 11.1. The largest absolute Gasteiger partial charge is 0.545 e. The third-order valence-corrected chi connectivity index (χ3v) is 4.72. The first-order valence-electron chi connectivity index (χ1n) is 5.89. The van der Waals surface area contributed by atoms with Crippen LogP contribution >= 0.6 is 0 Å². The molecule has 0 saturated heterocycles. The summed E-state index contributed by atoms with van der Waals surface area (Å²) >= 11 is 0. The molecule has 0 spiro atoms. The number of hydrogen-bond acceptors (Lipinski definition) is 4. The number of halogens is 1. The lowest BCUT2D eigenvalue weighted by atomic mass is 10.2. The zero-order valence-electron chi connectivity index (χ0n) is 11.0. The van der Waals surface area contributed by atoms with E-state index in [1.807, 2.05) is 0 Å². The average Bonchev–Trinajstić information content (AvgIpc) is 2.46. The van der Waals surface area contributed by atoms with Gasteiger partial charge in [0.1, 0.15) is 5.82 Å². The van der Waals surface area contributed by atoms with E-state index in [0.717, 1.165) is 28.6 Å². The number of hydrogen-bond donors (Lipinski definition) is 0. The van der Waals surface area contributed by atoms with Gasteiger partial charge in [-0.2, -0.15) is 0 Å². The number of carbonyl (C=O) groups excluding carboxylic acids is 1. The molecule has 21 heavy (non-hydrogen) atoms. The van der Waals surface area contributed by atoms with Crippen molar-refractivity contribution in [3.05, 3.63) is 59.9 Å². The number of rotatable bonds is 4. The van der Waals surface area contributed by atoms with Gasteiger partial charge in [0.2, 0.25) is 0 Å². The van der Waals surface area contributed by atoms with Crippen LogP contribution in [0.2, 0.25) is 0 Å². The highest BCUT2D eigenvalue weighted by Gasteiger charge is 2.23. The van der Waals surface area contributed by atoms with Crippen LogP contribution in [-0.4, -0.2) is 21.4 Å². The van der Waals surface area contributed by atoms with E-state index in [2.05, 4.69) is 0 Å². The molecule has 7 heteroatoms. The maximum atomic E-state index is 12.9. The van der Waals surface area contributed by atoms with Gasteiger partial charge < -0.3 is 9.90 Å². The Morgan fingerprint density at radius 2 is 1.67 bits per heavy atom. The van der Waals surface area contributed by atoms with E-state index in [1.165, 1.54) is 31.3 Å². The van der Waals surface area contributed by atoms with Crippen LogP contribution in [0.4, 0.5) is 10.1 Å². The van der Waals surface area contributed by atoms with Gasteiger partial charge in [0.15, 0.2) is 0 Å². The summed E-state index contributed by atoms with van der Waals surface area (Å²) in [6.07, 6.45) is 0. The van der Waals surface area contributed by atoms with Crippen LogP contribution in [0.15, 0.2) is 53.4 Å². The molecule has 0 fully saturated rings. The second kappa shape index (κ2) is 5.53. The van der Waals surface area contributed by atoms with E-state index in [4.69, 9.17) is 0 Å². The van der Waals surface area contributed by atoms with E-state index in [1.54, 1.807) is 0 Å². The summed E-state index contributed by atoms with van der Waals surface area (Å²) in [5.74, 6) is -2.04. The van der Waals surface area contributed by atoms with Gasteiger partial charge in [-0.1, -0.05) is 18.2 Å². The standard InChI is InChI=1S/C14H12FNO4S/c1-16(13-5-3-2-4-12(13)14(17)18)21(19,20)11-8-6-10(15)7-9-11/h2-9H,1H3,(H,17,18)/p-1. The second-order valence-corrected chi connectivity index (χ2v) is 6.20. The average molecular weight is 308 g/mol. The number of anilines is 1. The van der Waals surface area contributed by atoms with Gasteiger partial charge in [0.25, 0.3) is 10.0 Å². The first-order valence-corrected chi connectivity index (χ1v) is 7.33. The van der Waals surface area contributed by atoms with Gasteiger partial charge >= 0.3 is 0 Å². The SMILES string of the molecule is CN(c1ccccc1C(=O)[O-])S(=O)(=O)c1ccc(F)cc1. The molecule has 0 aliphatic heterocycles. The topological polar surface area (TPSA) is 77.5 Å². The van der Waals surface area contributed by atoms with Gasteiger partial charge in [0.05, 0.1) is 16.6 Å². The predicted octanol–water partition coefficient (Wildman–Crippen LogP) is 1.01. The number of sulfonamides is 1. The smallest absolute Gasteiger partial charge is 0.264 e. The lowest BCUT2D eigenvalue weighted by Crippen LogP contribution is -2.31. The van der Waals surface area contributed by atoms with E-state index >= 15 is 0 Å². The number of carbonyl (C=O) groups is 1. The summed E-state index contributed by atoms with van der Waals surface area (Å²) in [5, 5.41) is 11.1. The van der Waals surface area contributed by atoms with Crippen molar-refractivity contribution in [2.24, 2.45) is 0 Å². The Labute approximate surface area is 121 Å². The number of aromatic carboxylic acids is 1. The van der Waals surface area contributed by atoms with E-state index < -0.39 is 21.8 Å². The summed E-state index contributed by atoms with van der Waals surface area (Å²) in [4.78, 5) is 10.9. The van der Waals surface area contributed by atoms with Crippen molar-refractivity contribution in [2.45, 2.75) is 4.90 Å². The van der Waals surface area contributed by atoms with Gasteiger partial charge in [-0.05, 0) is 30.3 Å². The minimum Gasteiger partial charge on any atom is -0.545 e. The third-order valence-electron chi connectivity index (χ3n) is 2.94. The van der Waals surface area contributed by atoms with Crippen LogP contribution in [-0.2, 0) is 10.0 Å². The van der Waals surface area contributed by atoms with Crippen LogP contribution in [0.5, 0.6) is 0 Å². The van der Waals surface area contributed by atoms with Crippen LogP contribution in [0.1, 0.15) is 10.4 Å². The molecule has 0 saturated carbocycles. The molecule has 0 bridgehead atoms. The summed E-state index contributed by atoms with van der Waals surface area (Å²) in [5.41, 5.74) is -0.271. The molecule has 0 unspecified atom stereocenters. The molecule has 0 heterocycles. The van der Waals surface area contributed by atoms with Crippen molar-refractivity contribution in [1.29, 1.82) is 0 Å². The Kier molecular flexibility index (Phi) is 3.95. The molecule has 0 aromatic heterocycles. The number of para-hydroxylation sites is 1. The number of benzene rings is 2. The molecule has 110 valence electrons. The Morgan fingerprint density at radius 3 is 2.24 bits per heavy atom. The molecule has 0 aliphatic rings. The van der Waals surface area contributed by atoms with Crippen molar-refractivity contribution in [3.8, 4) is 0 Å². The van der Waals surface area contributed by atoms with Gasteiger partial charge in [-0.3, -0.25) is 4.31 Å². The first kappa shape index (κ1) is 15.0. The zero-order valence-corrected chi connectivity index (χ0v) is 11.8. The van der Waals surface area contributed by atoms with Gasteiger partial charge in [0, 0.05) is 12.6 Å². The minimum atomic E-state index is -3.99. The Morgan fingerprint density at radius 1 is 1.10 bits per heavy atom. The number of nitrogens with zero attached hydrogens (tertiary/aromatic N) is 1. The lowest BCUT2D eigenvalue weighted by molar-refractivity contribution is -0.254. The van der Waals surface area contributed by atoms with Crippen molar-refractivity contribution in [1.82, 2.24) is 0 Å². The molecule has 2 aromatic carbocycles. The predicted molar refractivity (Wildman–Crippen MR) is 72.8 cm³/mol. The highest BCUT2D eigenvalue weighted by molar-refractivity contribution is 7.92. The summed E-state index contributed by atoms with van der Waals surface area (Å²) in [6.45, 7) is 0. The summed E-state index contributed by atoms with van der Waals surface area (Å²) in [7, 11) is -2.77. The van der Waals surface area contributed by atoms with Gasteiger partial charge in [-0.15, -0.1) is 0 Å². The second-order valence-electron chi connectivity index (χ2n) is 4.23. The highest BCUT2D eigenvalue weighted by atomic mass is 32.2. The lowest BCUT2D eigenvalue weighted by Gasteiger charge is -2.22. The monoisotopic (exact) mass is 308 g/mol. The van der Waals surface area contributed by atoms with Crippen molar-refractivity contribution in [3.63, 3.8) is 0 Å². The molecule has 0 radical (unpaired) electrons. The van der Waals surface area contributed by atoms with Crippen molar-refractivity contribution < 1.29 is 22.7 Å². The molecular formula is C14H11FNO4S-. The Balaban J connectivity index is 2.51. The fraction of sp³-hybridized carbons (Fsp3) is 0.0714. The third kappa shape index (κ3) is 2.87. The molecule has 0 N–H and O–H groups in total. The fourth-order valence-corrected chi connectivity index (χ4v) is 3.03. The van der Waals surface area contributed by atoms with E-state index in [9.17, 15) is 22.7 Å². The minimum absolute atomic E-state index is 0.0261. The van der Waals surface area contributed by atoms with Crippen molar-refractivity contribution >= 4 is 21.7 Å². The van der Waals surface area contributed by atoms with Crippen LogP contribution in [0, 0.1) is 5.82 Å². The molecular weight excluding hydrogens is 297 g/mol. The van der Waals surface area contributed by atoms with E-state index in [-0.39, 0.29) is 16.1 Å². The van der Waals surface area contributed by atoms with Crippen LogP contribution < -0.4 is 9.41 Å². The van der Waals surface area contributed by atoms with Gasteiger partial charge in [-0.25, -0.2) is 12.8 Å². The van der Waals surface area contributed by atoms with Crippen LogP contribution in [0.25, 0.3) is 0 Å². The van der Waals surface area contributed by atoms with E-state index in [0.29, 0.717) is 0 Å². The summed E-state index contributed by atoms with van der Waals surface area (Å²) < 4.78 is 38.5. The number of carboxylic acid groups (broad SMARTS) is 1. The Bertz CT molecular complexity index is 772. The molecule has 0 atom stereocenters. The zero-order chi connectivity index (χ0) is 15.6. The Hall–Kier alpha value is -2.41. The maximum Gasteiger partial charge on any atom is 0.264 e. The quantitative estimate of drug-likeness (QED) is 0.844. The van der Waals surface area contributed by atoms with Crippen LogP contribution in [0.3, 0.4) is 0 Å². The fourth-order valence-electron chi connectivity index (χ4n) is 1.81. The number of carboxylic acids is 1. The molecule has 2 aromatic rings. The first-order chi connectivity index (χ1) is 9.84. The maximum absolute atomic E-state index is 12.9. The summed E-state index contributed by atoms with van der Waals surface area (Å²) in [6, 6.07) is 9.85. The molecule has 2 rings (SSSR count).